The summed E-state index contributed by atoms with van der Waals surface area (Å²) >= 11 is 0. The number of ether oxygens (including phenoxy) is 2. The lowest BCUT2D eigenvalue weighted by molar-refractivity contribution is 0.0218. The summed E-state index contributed by atoms with van der Waals surface area (Å²) < 4.78 is 10.8. The molecule has 1 saturated heterocycles. The highest BCUT2D eigenvalue weighted by molar-refractivity contribution is 7.59. The molecule has 1 aromatic heterocycles. The van der Waals surface area contributed by atoms with Crippen molar-refractivity contribution in [2.45, 2.75) is 59.1 Å². The van der Waals surface area contributed by atoms with Crippen LogP contribution in [0.5, 0.6) is 0 Å². The predicted molar refractivity (Wildman–Crippen MR) is 120 cm³/mol. The number of likely N-dealkylation sites (tertiary alicyclic amines) is 1. The Hall–Kier alpha value is -2.48. The van der Waals surface area contributed by atoms with Crippen LogP contribution in [-0.4, -0.2) is 45.7 Å². The minimum absolute atomic E-state index is 0. The molecule has 1 N–H and O–H groups in total. The summed E-state index contributed by atoms with van der Waals surface area (Å²) in [6.45, 7) is 10.2. The average molecular weight is 434 g/mol. The van der Waals surface area contributed by atoms with Crippen molar-refractivity contribution < 1.29 is 19.1 Å². The fraction of sp³-hybridized carbons (Fsp3) is 0.500. The van der Waals surface area contributed by atoms with Gasteiger partial charge in [0.1, 0.15) is 17.1 Å². The van der Waals surface area contributed by atoms with E-state index in [1.807, 2.05) is 52.0 Å². The molecule has 30 heavy (non-hydrogen) atoms. The molecule has 1 atom stereocenters. The number of hydrogen-bond acceptors (Lipinski definition) is 5. The molecule has 8 heteroatoms. The number of amides is 1. The monoisotopic (exact) mass is 433 g/mol. The van der Waals surface area contributed by atoms with E-state index in [1.165, 1.54) is 0 Å². The zero-order valence-electron chi connectivity index (χ0n) is 18.2. The van der Waals surface area contributed by atoms with Crippen LogP contribution < -0.4 is 0 Å². The Morgan fingerprint density at radius 3 is 2.50 bits per heavy atom. The van der Waals surface area contributed by atoms with Gasteiger partial charge in [0.25, 0.3) is 0 Å². The van der Waals surface area contributed by atoms with Crippen LogP contribution in [0.25, 0.3) is 11.3 Å². The third-order valence-electron chi connectivity index (χ3n) is 4.72. The summed E-state index contributed by atoms with van der Waals surface area (Å²) in [5.74, 6) is 0.121. The maximum atomic E-state index is 12.7. The van der Waals surface area contributed by atoms with E-state index in [2.05, 4.69) is 4.98 Å². The van der Waals surface area contributed by atoms with Gasteiger partial charge < -0.3 is 14.5 Å². The highest BCUT2D eigenvalue weighted by atomic mass is 32.1. The fourth-order valence-electron chi connectivity index (χ4n) is 3.41. The van der Waals surface area contributed by atoms with Crippen molar-refractivity contribution in [1.82, 2.24) is 14.9 Å². The number of aromatic nitrogens is 2. The van der Waals surface area contributed by atoms with Crippen molar-refractivity contribution in [3.05, 3.63) is 41.3 Å². The molecule has 2 heterocycles. The first-order valence-corrected chi connectivity index (χ1v) is 10.0. The van der Waals surface area contributed by atoms with Crippen LogP contribution in [0.4, 0.5) is 4.79 Å². The molecule has 0 spiro atoms. The van der Waals surface area contributed by atoms with Crippen molar-refractivity contribution in [3.8, 4) is 11.3 Å². The Labute approximate surface area is 184 Å². The first-order valence-electron chi connectivity index (χ1n) is 10.0. The number of imidazole rings is 1. The van der Waals surface area contributed by atoms with Crippen LogP contribution in [0.2, 0.25) is 0 Å². The lowest BCUT2D eigenvalue weighted by Gasteiger charge is -2.27. The van der Waals surface area contributed by atoms with E-state index in [-0.39, 0.29) is 32.2 Å². The Morgan fingerprint density at radius 2 is 1.90 bits per heavy atom. The summed E-state index contributed by atoms with van der Waals surface area (Å²) in [6, 6.07) is 7.54. The van der Waals surface area contributed by atoms with Gasteiger partial charge in [0, 0.05) is 12.1 Å². The number of carbonyl (C=O) groups is 2. The van der Waals surface area contributed by atoms with Crippen LogP contribution in [0, 0.1) is 6.92 Å². The molecular weight excluding hydrogens is 402 g/mol. The molecule has 3 rings (SSSR count). The number of nitrogens with one attached hydrogen (secondary N) is 1. The van der Waals surface area contributed by atoms with E-state index in [0.717, 1.165) is 24.0 Å². The Kier molecular flexibility index (Phi) is 7.58. The van der Waals surface area contributed by atoms with E-state index in [4.69, 9.17) is 14.5 Å². The summed E-state index contributed by atoms with van der Waals surface area (Å²) in [4.78, 5) is 34.7. The number of esters is 1. The van der Waals surface area contributed by atoms with Gasteiger partial charge in [-0.1, -0.05) is 29.8 Å². The van der Waals surface area contributed by atoms with Gasteiger partial charge >= 0.3 is 12.1 Å². The van der Waals surface area contributed by atoms with E-state index >= 15 is 0 Å². The third kappa shape index (κ3) is 5.36. The number of aromatic amines is 1. The van der Waals surface area contributed by atoms with Gasteiger partial charge in [-0.05, 0) is 47.5 Å². The minimum Gasteiger partial charge on any atom is -0.461 e. The quantitative estimate of drug-likeness (QED) is 0.704. The maximum Gasteiger partial charge on any atom is 0.410 e. The number of nitrogens with zero attached hydrogens (tertiary/aromatic N) is 2. The van der Waals surface area contributed by atoms with Crippen LogP contribution in [0.3, 0.4) is 0 Å². The Balaban J connectivity index is 0.00000320. The van der Waals surface area contributed by atoms with Gasteiger partial charge in [0.15, 0.2) is 5.69 Å². The van der Waals surface area contributed by atoms with Crippen LogP contribution >= 0.6 is 13.5 Å². The Morgan fingerprint density at radius 1 is 1.23 bits per heavy atom. The lowest BCUT2D eigenvalue weighted by atomic mass is 10.1. The van der Waals surface area contributed by atoms with Crippen molar-refractivity contribution >= 4 is 25.6 Å². The molecule has 164 valence electrons. The highest BCUT2D eigenvalue weighted by Crippen LogP contribution is 2.34. The molecular formula is C22H31N3O4S. The largest absolute Gasteiger partial charge is 0.461 e. The molecule has 0 unspecified atom stereocenters. The molecule has 1 amide bonds. The summed E-state index contributed by atoms with van der Waals surface area (Å²) in [7, 11) is 0. The summed E-state index contributed by atoms with van der Waals surface area (Å²) in [6.07, 6.45) is 1.23. The van der Waals surface area contributed by atoms with Gasteiger partial charge in [-0.15, -0.1) is 0 Å². The summed E-state index contributed by atoms with van der Waals surface area (Å²) in [5.41, 5.74) is 2.21. The smallest absolute Gasteiger partial charge is 0.410 e. The molecule has 0 aliphatic carbocycles. The summed E-state index contributed by atoms with van der Waals surface area (Å²) in [5, 5.41) is 0. The van der Waals surface area contributed by atoms with E-state index < -0.39 is 11.6 Å². The molecule has 1 aliphatic rings. The number of benzene rings is 1. The maximum absolute atomic E-state index is 12.7. The molecule has 7 nitrogen and oxygen atoms in total. The average Bonchev–Trinajstić information content (AvgIpc) is 3.28. The lowest BCUT2D eigenvalue weighted by Crippen LogP contribution is -2.36. The molecule has 0 radical (unpaired) electrons. The zero-order chi connectivity index (χ0) is 21.2. The van der Waals surface area contributed by atoms with Crippen molar-refractivity contribution in [2.24, 2.45) is 0 Å². The normalized spacial score (nSPS) is 16.2. The van der Waals surface area contributed by atoms with E-state index in [9.17, 15) is 9.59 Å². The minimum atomic E-state index is -0.573. The zero-order valence-corrected chi connectivity index (χ0v) is 19.2. The van der Waals surface area contributed by atoms with Crippen LogP contribution in [-0.2, 0) is 9.47 Å². The van der Waals surface area contributed by atoms with Gasteiger partial charge in [0.2, 0.25) is 0 Å². The topological polar surface area (TPSA) is 84.5 Å². The van der Waals surface area contributed by atoms with Gasteiger partial charge in [-0.3, -0.25) is 4.90 Å². The van der Waals surface area contributed by atoms with Crippen LogP contribution in [0.15, 0.2) is 24.3 Å². The first-order chi connectivity index (χ1) is 13.7. The highest BCUT2D eigenvalue weighted by Gasteiger charge is 2.36. The molecule has 1 aromatic carbocycles. The first kappa shape index (κ1) is 23.8. The van der Waals surface area contributed by atoms with E-state index in [1.54, 1.807) is 11.8 Å². The molecule has 0 bridgehead atoms. The Bertz CT molecular complexity index is 887. The van der Waals surface area contributed by atoms with E-state index in [0.29, 0.717) is 23.8 Å². The van der Waals surface area contributed by atoms with Crippen molar-refractivity contribution in [3.63, 3.8) is 0 Å². The number of hydrogen-bond donors (Lipinski definition) is 1. The number of aryl methyl sites for hydroxylation is 1. The van der Waals surface area contributed by atoms with Crippen LogP contribution in [0.1, 0.15) is 68.5 Å². The van der Waals surface area contributed by atoms with Crippen molar-refractivity contribution in [1.29, 1.82) is 0 Å². The van der Waals surface area contributed by atoms with Crippen molar-refractivity contribution in [2.75, 3.05) is 13.2 Å². The molecule has 2 aromatic rings. The van der Waals surface area contributed by atoms with Gasteiger partial charge in [-0.25, -0.2) is 14.6 Å². The number of rotatable bonds is 4. The molecule has 1 fully saturated rings. The SMILES string of the molecule is CCOC(=O)c1[nH]c([C@@H]2CCCN2C(=O)OC(C)(C)C)nc1-c1ccc(C)cc1.S. The van der Waals surface area contributed by atoms with Gasteiger partial charge in [-0.2, -0.15) is 13.5 Å². The molecule has 0 saturated carbocycles. The fourth-order valence-corrected chi connectivity index (χ4v) is 3.41. The number of H-pyrrole nitrogens is 1. The molecule has 1 aliphatic heterocycles. The second-order valence-electron chi connectivity index (χ2n) is 8.26. The second kappa shape index (κ2) is 9.55. The second-order valence-corrected chi connectivity index (χ2v) is 8.26. The predicted octanol–water partition coefficient (Wildman–Crippen LogP) is 4.75. The standard InChI is InChI=1S/C22H29N3O4.H2S/c1-6-28-20(26)18-17(15-11-9-14(2)10-12-15)23-19(24-18)16-8-7-13-25(16)21(27)29-22(3,4)5;/h9-12,16H,6-8,13H2,1-5H3,(H,23,24);1H2/t16-;/m0./s1. The number of carbonyl (C=O) groups excluding carboxylic acids is 2. The van der Waals surface area contributed by atoms with Gasteiger partial charge in [0.05, 0.1) is 12.6 Å². The third-order valence-corrected chi connectivity index (χ3v) is 4.72.